The van der Waals surface area contributed by atoms with Crippen LogP contribution in [0.4, 0.5) is 4.39 Å². The van der Waals surface area contributed by atoms with E-state index < -0.39 is 0 Å². The number of rotatable bonds is 4. The molecule has 1 N–H and O–H groups in total. The monoisotopic (exact) mass is 332 g/mol. The van der Waals surface area contributed by atoms with Crippen molar-refractivity contribution in [3.05, 3.63) is 69.4 Å². The molecule has 1 atom stereocenters. The molecule has 0 saturated carbocycles. The van der Waals surface area contributed by atoms with E-state index in [1.807, 2.05) is 37.3 Å². The van der Waals surface area contributed by atoms with Crippen LogP contribution in [-0.2, 0) is 6.54 Å². The van der Waals surface area contributed by atoms with Crippen molar-refractivity contribution in [1.29, 1.82) is 5.26 Å². The highest BCUT2D eigenvalue weighted by atomic mass is 79.9. The molecule has 2 rings (SSSR count). The van der Waals surface area contributed by atoms with Gasteiger partial charge in [0.05, 0.1) is 11.6 Å². The summed E-state index contributed by atoms with van der Waals surface area (Å²) in [6.45, 7) is 2.45. The molecule has 0 bridgehead atoms. The van der Waals surface area contributed by atoms with Gasteiger partial charge in [-0.25, -0.2) is 4.39 Å². The molecule has 102 valence electrons. The summed E-state index contributed by atoms with van der Waals surface area (Å²) in [6, 6.07) is 14.6. The first-order chi connectivity index (χ1) is 9.60. The van der Waals surface area contributed by atoms with E-state index in [-0.39, 0.29) is 11.9 Å². The van der Waals surface area contributed by atoms with E-state index in [1.165, 1.54) is 6.07 Å². The number of hydrogen-bond donors (Lipinski definition) is 1. The first kappa shape index (κ1) is 14.7. The molecular weight excluding hydrogens is 319 g/mol. The van der Waals surface area contributed by atoms with Crippen molar-refractivity contribution in [2.45, 2.75) is 19.5 Å². The number of hydrogen-bond acceptors (Lipinski definition) is 2. The van der Waals surface area contributed by atoms with Gasteiger partial charge < -0.3 is 5.32 Å². The summed E-state index contributed by atoms with van der Waals surface area (Å²) >= 11 is 3.44. The van der Waals surface area contributed by atoms with Crippen molar-refractivity contribution in [1.82, 2.24) is 5.32 Å². The largest absolute Gasteiger partial charge is 0.306 e. The van der Waals surface area contributed by atoms with Gasteiger partial charge in [-0.1, -0.05) is 34.1 Å². The standard InChI is InChI=1S/C16H14BrFN2/c1-11(13-3-2-4-15(17)8-13)20-10-14-6-5-12(9-19)7-16(14)18/h2-8,11,20H,10H2,1H3/t11-/m0/s1. The molecule has 4 heteroatoms. The Kier molecular flexibility index (Phi) is 4.89. The van der Waals surface area contributed by atoms with Crippen LogP contribution in [0, 0.1) is 17.1 Å². The first-order valence-corrected chi connectivity index (χ1v) is 7.07. The van der Waals surface area contributed by atoms with Crippen LogP contribution in [0.15, 0.2) is 46.9 Å². The fourth-order valence-corrected chi connectivity index (χ4v) is 2.33. The molecule has 2 nitrogen and oxygen atoms in total. The van der Waals surface area contributed by atoms with Crippen molar-refractivity contribution in [3.63, 3.8) is 0 Å². The topological polar surface area (TPSA) is 35.8 Å². The second kappa shape index (κ2) is 6.65. The van der Waals surface area contributed by atoms with E-state index in [0.29, 0.717) is 17.7 Å². The third-order valence-corrected chi connectivity index (χ3v) is 3.62. The van der Waals surface area contributed by atoms with Crippen LogP contribution in [0.3, 0.4) is 0 Å². The van der Waals surface area contributed by atoms with Crippen LogP contribution in [0.2, 0.25) is 0 Å². The summed E-state index contributed by atoms with van der Waals surface area (Å²) in [7, 11) is 0. The van der Waals surface area contributed by atoms with E-state index in [0.717, 1.165) is 10.0 Å². The summed E-state index contributed by atoms with van der Waals surface area (Å²) in [5, 5.41) is 12.0. The Morgan fingerprint density at radius 3 is 2.75 bits per heavy atom. The minimum absolute atomic E-state index is 0.113. The van der Waals surface area contributed by atoms with Crippen LogP contribution in [0.5, 0.6) is 0 Å². The van der Waals surface area contributed by atoms with Gasteiger partial charge in [-0.2, -0.15) is 5.26 Å². The van der Waals surface area contributed by atoms with Crippen molar-refractivity contribution >= 4 is 15.9 Å². The van der Waals surface area contributed by atoms with Crippen LogP contribution in [0.25, 0.3) is 0 Å². The zero-order chi connectivity index (χ0) is 14.5. The third-order valence-electron chi connectivity index (χ3n) is 3.13. The summed E-state index contributed by atoms with van der Waals surface area (Å²) in [6.07, 6.45) is 0. The number of nitrogens with zero attached hydrogens (tertiary/aromatic N) is 1. The third kappa shape index (κ3) is 3.66. The van der Waals surface area contributed by atoms with Gasteiger partial charge in [-0.05, 0) is 36.8 Å². The molecular formula is C16H14BrFN2. The fourth-order valence-electron chi connectivity index (χ4n) is 1.92. The Bertz CT molecular complexity index is 649. The lowest BCUT2D eigenvalue weighted by molar-refractivity contribution is 0.544. The van der Waals surface area contributed by atoms with Gasteiger partial charge >= 0.3 is 0 Å². The highest BCUT2D eigenvalue weighted by molar-refractivity contribution is 9.10. The van der Waals surface area contributed by atoms with Gasteiger partial charge in [0.15, 0.2) is 0 Å². The van der Waals surface area contributed by atoms with Gasteiger partial charge in [-0.15, -0.1) is 0 Å². The fraction of sp³-hybridized carbons (Fsp3) is 0.188. The minimum atomic E-state index is -0.349. The molecule has 0 saturated heterocycles. The zero-order valence-corrected chi connectivity index (χ0v) is 12.6. The molecule has 0 unspecified atom stereocenters. The summed E-state index contributed by atoms with van der Waals surface area (Å²) in [5.74, 6) is -0.349. The lowest BCUT2D eigenvalue weighted by Crippen LogP contribution is -2.18. The Morgan fingerprint density at radius 1 is 1.30 bits per heavy atom. The molecule has 0 radical (unpaired) electrons. The molecule has 0 aliphatic rings. The minimum Gasteiger partial charge on any atom is -0.306 e. The lowest BCUT2D eigenvalue weighted by Gasteiger charge is -2.15. The zero-order valence-electron chi connectivity index (χ0n) is 11.0. The molecule has 0 amide bonds. The van der Waals surface area contributed by atoms with E-state index in [4.69, 9.17) is 5.26 Å². The molecule has 2 aromatic rings. The predicted molar refractivity (Wildman–Crippen MR) is 80.5 cm³/mol. The highest BCUT2D eigenvalue weighted by Crippen LogP contribution is 2.19. The Balaban J connectivity index is 2.04. The van der Waals surface area contributed by atoms with Crippen molar-refractivity contribution in [2.75, 3.05) is 0 Å². The number of nitrogens with one attached hydrogen (secondary N) is 1. The molecule has 0 aliphatic heterocycles. The summed E-state index contributed by atoms with van der Waals surface area (Å²) < 4.78 is 14.8. The predicted octanol–water partition coefficient (Wildman–Crippen LogP) is 4.31. The first-order valence-electron chi connectivity index (χ1n) is 6.27. The van der Waals surface area contributed by atoms with Crippen LogP contribution in [0.1, 0.15) is 29.7 Å². The lowest BCUT2D eigenvalue weighted by atomic mass is 10.1. The van der Waals surface area contributed by atoms with Crippen molar-refractivity contribution < 1.29 is 4.39 Å². The second-order valence-corrected chi connectivity index (χ2v) is 5.49. The van der Waals surface area contributed by atoms with Crippen LogP contribution < -0.4 is 5.32 Å². The van der Waals surface area contributed by atoms with Gasteiger partial charge in [0.1, 0.15) is 5.82 Å². The molecule has 0 fully saturated rings. The van der Waals surface area contributed by atoms with E-state index in [1.54, 1.807) is 12.1 Å². The number of nitriles is 1. The maximum atomic E-state index is 13.8. The summed E-state index contributed by atoms with van der Waals surface area (Å²) in [4.78, 5) is 0. The molecule has 2 aromatic carbocycles. The number of benzene rings is 2. The second-order valence-electron chi connectivity index (χ2n) is 4.58. The smallest absolute Gasteiger partial charge is 0.129 e. The molecule has 0 aliphatic carbocycles. The van der Waals surface area contributed by atoms with Crippen LogP contribution in [-0.4, -0.2) is 0 Å². The quantitative estimate of drug-likeness (QED) is 0.905. The van der Waals surface area contributed by atoms with E-state index in [9.17, 15) is 4.39 Å². The maximum Gasteiger partial charge on any atom is 0.129 e. The van der Waals surface area contributed by atoms with Crippen molar-refractivity contribution in [3.8, 4) is 6.07 Å². The van der Waals surface area contributed by atoms with Crippen LogP contribution >= 0.6 is 15.9 Å². The summed E-state index contributed by atoms with van der Waals surface area (Å²) in [5.41, 5.74) is 2.03. The molecule has 0 heterocycles. The Labute approximate surface area is 126 Å². The average Bonchev–Trinajstić information content (AvgIpc) is 2.45. The van der Waals surface area contributed by atoms with Gasteiger partial charge in [0.25, 0.3) is 0 Å². The normalized spacial score (nSPS) is 11.9. The molecule has 0 spiro atoms. The van der Waals surface area contributed by atoms with Gasteiger partial charge in [0, 0.05) is 22.6 Å². The molecule has 20 heavy (non-hydrogen) atoms. The highest BCUT2D eigenvalue weighted by Gasteiger charge is 2.08. The number of halogens is 2. The SMILES string of the molecule is C[C@H](NCc1ccc(C#N)cc1F)c1cccc(Br)c1. The average molecular weight is 333 g/mol. The van der Waals surface area contributed by atoms with Gasteiger partial charge in [0.2, 0.25) is 0 Å². The van der Waals surface area contributed by atoms with E-state index >= 15 is 0 Å². The van der Waals surface area contributed by atoms with Crippen molar-refractivity contribution in [2.24, 2.45) is 0 Å². The van der Waals surface area contributed by atoms with E-state index in [2.05, 4.69) is 21.2 Å². The maximum absolute atomic E-state index is 13.8. The van der Waals surface area contributed by atoms with Gasteiger partial charge in [-0.3, -0.25) is 0 Å². The molecule has 0 aromatic heterocycles. The Hall–Kier alpha value is -1.70. The Morgan fingerprint density at radius 2 is 2.10 bits per heavy atom.